The van der Waals surface area contributed by atoms with Crippen LogP contribution in [0.4, 0.5) is 0 Å². The van der Waals surface area contributed by atoms with Crippen LogP contribution in [0.25, 0.3) is 11.1 Å². The Balaban J connectivity index is 1.25. The molecule has 4 aromatic carbocycles. The number of nitriles is 1. The number of carboxylic acids is 1. The summed E-state index contributed by atoms with van der Waals surface area (Å²) in [4.78, 5) is 13.6. The molecule has 2 atom stereocenters. The van der Waals surface area contributed by atoms with E-state index < -0.39 is 18.1 Å². The number of hydrogen-bond acceptors (Lipinski definition) is 8. The number of aliphatic hydroxyl groups excluding tert-OH is 1. The first-order valence-electron chi connectivity index (χ1n) is 15.0. The van der Waals surface area contributed by atoms with Crippen molar-refractivity contribution in [3.8, 4) is 40.2 Å². The lowest BCUT2D eigenvalue weighted by atomic mass is 9.96. The summed E-state index contributed by atoms with van der Waals surface area (Å²) in [6.07, 6.45) is -0.608. The number of aliphatic hydroxyl groups is 1. The summed E-state index contributed by atoms with van der Waals surface area (Å²) in [6, 6.07) is 23.6. The average Bonchev–Trinajstić information content (AvgIpc) is 3.44. The number of likely N-dealkylation sites (tertiary alicyclic amines) is 1. The third kappa shape index (κ3) is 6.75. The summed E-state index contributed by atoms with van der Waals surface area (Å²) >= 11 is 6.75. The van der Waals surface area contributed by atoms with Crippen molar-refractivity contribution in [2.75, 3.05) is 19.8 Å². The van der Waals surface area contributed by atoms with Gasteiger partial charge in [0.25, 0.3) is 0 Å². The summed E-state index contributed by atoms with van der Waals surface area (Å²) < 4.78 is 24.0. The van der Waals surface area contributed by atoms with Crippen LogP contribution in [0.2, 0.25) is 5.02 Å². The number of fused-ring (bicyclic) bond motifs is 1. The molecule has 2 aliphatic heterocycles. The van der Waals surface area contributed by atoms with Crippen LogP contribution in [0.15, 0.2) is 72.8 Å². The van der Waals surface area contributed by atoms with Crippen molar-refractivity contribution in [2.24, 2.45) is 0 Å². The predicted molar refractivity (Wildman–Crippen MR) is 171 cm³/mol. The molecule has 236 valence electrons. The lowest BCUT2D eigenvalue weighted by Crippen LogP contribution is -2.41. The zero-order valence-corrected chi connectivity index (χ0v) is 26.0. The zero-order valence-electron chi connectivity index (χ0n) is 25.2. The van der Waals surface area contributed by atoms with Gasteiger partial charge in [-0.2, -0.15) is 5.26 Å². The standard InChI is InChI=1S/C36H33ClN2O7/c1-22-26(6-3-7-28(22)25-8-9-31-34(16-25)44-13-12-43-31)21-46-33-17-32(45-20-24-5-2-4-23(14-24)18-38)27(15-29(33)37)19-39-11-10-30(40)35(39)36(41)42/h2-9,14-17,30,35,40H,10-13,19-21H2,1H3,(H,41,42)/t30-,35-/m0/s1. The third-order valence-corrected chi connectivity index (χ3v) is 8.64. The van der Waals surface area contributed by atoms with Gasteiger partial charge in [0, 0.05) is 24.7 Å². The van der Waals surface area contributed by atoms with E-state index >= 15 is 0 Å². The first-order valence-corrected chi connectivity index (χ1v) is 15.4. The molecule has 0 spiro atoms. The van der Waals surface area contributed by atoms with Crippen LogP contribution in [-0.2, 0) is 24.6 Å². The largest absolute Gasteiger partial charge is 0.488 e. The Morgan fingerprint density at radius 2 is 1.76 bits per heavy atom. The number of carbonyl (C=O) groups is 1. The van der Waals surface area contributed by atoms with E-state index in [2.05, 4.69) is 12.1 Å². The number of ether oxygens (including phenoxy) is 4. The van der Waals surface area contributed by atoms with Gasteiger partial charge < -0.3 is 29.2 Å². The molecule has 2 aliphatic rings. The maximum Gasteiger partial charge on any atom is 0.323 e. The molecular formula is C36H33ClN2O7. The van der Waals surface area contributed by atoms with Gasteiger partial charge in [-0.1, -0.05) is 48.0 Å². The number of carboxylic acid groups (broad SMARTS) is 1. The predicted octanol–water partition coefficient (Wildman–Crippen LogP) is 6.14. The van der Waals surface area contributed by atoms with E-state index in [1.807, 2.05) is 43.3 Å². The van der Waals surface area contributed by atoms with Crippen LogP contribution in [0.1, 0.15) is 34.2 Å². The summed E-state index contributed by atoms with van der Waals surface area (Å²) in [5, 5.41) is 29.7. The van der Waals surface area contributed by atoms with Crippen molar-refractivity contribution < 1.29 is 34.0 Å². The van der Waals surface area contributed by atoms with E-state index in [9.17, 15) is 20.3 Å². The number of nitrogens with zero attached hydrogens (tertiary/aromatic N) is 2. The minimum atomic E-state index is -1.08. The van der Waals surface area contributed by atoms with Gasteiger partial charge in [-0.15, -0.1) is 0 Å². The van der Waals surface area contributed by atoms with Crippen LogP contribution in [-0.4, -0.2) is 53.0 Å². The molecule has 2 heterocycles. The van der Waals surface area contributed by atoms with Gasteiger partial charge >= 0.3 is 5.97 Å². The highest BCUT2D eigenvalue weighted by atomic mass is 35.5. The molecule has 10 heteroatoms. The Morgan fingerprint density at radius 1 is 0.978 bits per heavy atom. The molecule has 0 aromatic heterocycles. The topological polar surface area (TPSA) is 121 Å². The number of rotatable bonds is 10. The highest BCUT2D eigenvalue weighted by molar-refractivity contribution is 6.32. The fraction of sp³-hybridized carbons (Fsp3) is 0.278. The SMILES string of the molecule is Cc1c(COc2cc(OCc3cccc(C#N)c3)c(CN3CC[C@H](O)[C@H]3C(=O)O)cc2Cl)cccc1-c1ccc2c(c1)OCCO2. The van der Waals surface area contributed by atoms with Gasteiger partial charge in [0.2, 0.25) is 0 Å². The highest BCUT2D eigenvalue weighted by Crippen LogP contribution is 2.38. The molecular weight excluding hydrogens is 608 g/mol. The molecule has 0 amide bonds. The third-order valence-electron chi connectivity index (χ3n) is 8.34. The molecule has 0 radical (unpaired) electrons. The normalized spacial score (nSPS) is 17.3. The Labute approximate surface area is 272 Å². The van der Waals surface area contributed by atoms with Crippen LogP contribution in [0.5, 0.6) is 23.0 Å². The first kappa shape index (κ1) is 31.2. The number of halogens is 1. The quantitative estimate of drug-likeness (QED) is 0.211. The number of benzene rings is 4. The maximum atomic E-state index is 11.9. The smallest absolute Gasteiger partial charge is 0.323 e. The van der Waals surface area contributed by atoms with Gasteiger partial charge in [0.15, 0.2) is 11.5 Å². The van der Waals surface area contributed by atoms with Crippen LogP contribution in [0, 0.1) is 18.3 Å². The number of hydrogen-bond donors (Lipinski definition) is 2. The van der Waals surface area contributed by atoms with Crippen molar-refractivity contribution in [3.63, 3.8) is 0 Å². The van der Waals surface area contributed by atoms with Crippen molar-refractivity contribution in [2.45, 2.75) is 45.2 Å². The van der Waals surface area contributed by atoms with E-state index in [-0.39, 0.29) is 19.8 Å². The van der Waals surface area contributed by atoms with Crippen molar-refractivity contribution in [1.82, 2.24) is 4.90 Å². The molecule has 1 fully saturated rings. The molecule has 1 saturated heterocycles. The molecule has 2 N–H and O–H groups in total. The highest BCUT2D eigenvalue weighted by Gasteiger charge is 2.38. The van der Waals surface area contributed by atoms with E-state index in [0.717, 1.165) is 39.3 Å². The molecule has 0 saturated carbocycles. The van der Waals surface area contributed by atoms with E-state index in [4.69, 9.17) is 30.5 Å². The second-order valence-electron chi connectivity index (χ2n) is 11.3. The van der Waals surface area contributed by atoms with Gasteiger partial charge in [0.1, 0.15) is 44.0 Å². The Morgan fingerprint density at radius 3 is 2.57 bits per heavy atom. The van der Waals surface area contributed by atoms with Crippen LogP contribution < -0.4 is 18.9 Å². The number of aliphatic carboxylic acids is 1. The molecule has 4 aromatic rings. The minimum Gasteiger partial charge on any atom is -0.488 e. The van der Waals surface area contributed by atoms with Gasteiger partial charge in [0.05, 0.1) is 22.8 Å². The molecule has 0 aliphatic carbocycles. The van der Waals surface area contributed by atoms with Crippen molar-refractivity contribution >= 4 is 17.6 Å². The molecule has 46 heavy (non-hydrogen) atoms. The Hall–Kier alpha value is -4.75. The van der Waals surface area contributed by atoms with Crippen molar-refractivity contribution in [1.29, 1.82) is 5.26 Å². The fourth-order valence-electron chi connectivity index (χ4n) is 5.91. The van der Waals surface area contributed by atoms with Crippen LogP contribution >= 0.6 is 11.6 Å². The summed E-state index contributed by atoms with van der Waals surface area (Å²) in [5.74, 6) is 1.25. The van der Waals surface area contributed by atoms with Gasteiger partial charge in [-0.25, -0.2) is 0 Å². The molecule has 0 bridgehead atoms. The minimum absolute atomic E-state index is 0.172. The van der Waals surface area contributed by atoms with E-state index in [1.165, 1.54) is 0 Å². The van der Waals surface area contributed by atoms with E-state index in [1.54, 1.807) is 35.2 Å². The monoisotopic (exact) mass is 640 g/mol. The molecule has 0 unspecified atom stereocenters. The Kier molecular flexibility index (Phi) is 9.31. The zero-order chi connectivity index (χ0) is 32.2. The van der Waals surface area contributed by atoms with Gasteiger partial charge in [-0.3, -0.25) is 9.69 Å². The Bertz CT molecular complexity index is 1800. The second-order valence-corrected chi connectivity index (χ2v) is 11.7. The summed E-state index contributed by atoms with van der Waals surface area (Å²) in [7, 11) is 0. The molecule has 6 rings (SSSR count). The lowest BCUT2D eigenvalue weighted by molar-refractivity contribution is -0.145. The first-order chi connectivity index (χ1) is 22.3. The summed E-state index contributed by atoms with van der Waals surface area (Å²) in [5.41, 5.74) is 6.05. The van der Waals surface area contributed by atoms with Crippen molar-refractivity contribution in [3.05, 3.63) is 106 Å². The van der Waals surface area contributed by atoms with E-state index in [0.29, 0.717) is 53.8 Å². The lowest BCUT2D eigenvalue weighted by Gasteiger charge is -2.24. The summed E-state index contributed by atoms with van der Waals surface area (Å²) in [6.45, 7) is 4.13. The van der Waals surface area contributed by atoms with Crippen LogP contribution in [0.3, 0.4) is 0 Å². The average molecular weight is 641 g/mol. The maximum absolute atomic E-state index is 11.9. The molecule has 9 nitrogen and oxygen atoms in total. The fourth-order valence-corrected chi connectivity index (χ4v) is 6.15. The van der Waals surface area contributed by atoms with Gasteiger partial charge in [-0.05, 0) is 71.5 Å². The second kappa shape index (κ2) is 13.7.